The summed E-state index contributed by atoms with van der Waals surface area (Å²) in [7, 11) is 4.25. The van der Waals surface area contributed by atoms with E-state index in [0.717, 1.165) is 31.6 Å². The quantitative estimate of drug-likeness (QED) is 0.659. The van der Waals surface area contributed by atoms with E-state index in [2.05, 4.69) is 23.9 Å². The van der Waals surface area contributed by atoms with Crippen molar-refractivity contribution in [3.63, 3.8) is 0 Å². The fourth-order valence-electron chi connectivity index (χ4n) is 2.54. The van der Waals surface area contributed by atoms with E-state index >= 15 is 0 Å². The van der Waals surface area contributed by atoms with Gasteiger partial charge in [-0.25, -0.2) is 0 Å². The summed E-state index contributed by atoms with van der Waals surface area (Å²) in [5, 5.41) is 8.09. The molecule has 1 saturated heterocycles. The van der Waals surface area contributed by atoms with Gasteiger partial charge in [-0.05, 0) is 51.2 Å². The Kier molecular flexibility index (Phi) is 4.32. The minimum absolute atomic E-state index is 0.0513. The topological polar surface area (TPSA) is 56.4 Å². The third-order valence-corrected chi connectivity index (χ3v) is 4.18. The number of benzene rings is 1. The van der Waals surface area contributed by atoms with E-state index in [-0.39, 0.29) is 5.84 Å². The number of anilines is 1. The van der Waals surface area contributed by atoms with E-state index in [1.807, 2.05) is 12.1 Å². The normalized spacial score (nSPS) is 17.4. The van der Waals surface area contributed by atoms with E-state index in [1.54, 1.807) is 6.07 Å². The number of piperidine rings is 1. The molecule has 0 aliphatic carbocycles. The third-order valence-electron chi connectivity index (χ3n) is 3.87. The summed E-state index contributed by atoms with van der Waals surface area (Å²) in [4.78, 5) is 4.60. The smallest absolute Gasteiger partial charge is 0.122 e. The van der Waals surface area contributed by atoms with Gasteiger partial charge in [0.1, 0.15) is 5.84 Å². The zero-order valence-corrected chi connectivity index (χ0v) is 12.2. The molecular weight excluding hydrogens is 260 g/mol. The fraction of sp³-hybridized carbons (Fsp3) is 0.500. The molecule has 19 heavy (non-hydrogen) atoms. The van der Waals surface area contributed by atoms with Gasteiger partial charge in [-0.2, -0.15) is 0 Å². The minimum atomic E-state index is 0.0513. The number of halogens is 1. The van der Waals surface area contributed by atoms with Crippen molar-refractivity contribution in [2.75, 3.05) is 32.1 Å². The van der Waals surface area contributed by atoms with Crippen LogP contribution in [-0.4, -0.2) is 44.0 Å². The van der Waals surface area contributed by atoms with Gasteiger partial charge in [0.15, 0.2) is 0 Å². The van der Waals surface area contributed by atoms with Crippen LogP contribution in [0.25, 0.3) is 0 Å². The van der Waals surface area contributed by atoms with Crippen molar-refractivity contribution in [2.45, 2.75) is 18.9 Å². The van der Waals surface area contributed by atoms with Crippen LogP contribution >= 0.6 is 11.6 Å². The van der Waals surface area contributed by atoms with Gasteiger partial charge in [0.25, 0.3) is 0 Å². The molecule has 0 bridgehead atoms. The molecule has 0 saturated carbocycles. The number of rotatable bonds is 3. The van der Waals surface area contributed by atoms with Crippen LogP contribution in [0.4, 0.5) is 5.69 Å². The largest absolute Gasteiger partial charge is 0.384 e. The SMILES string of the molecule is CN1CCC(N(C)c2ccc(C(=N)N)cc2Cl)CC1. The molecule has 1 aliphatic rings. The van der Waals surface area contributed by atoms with Crippen LogP contribution in [-0.2, 0) is 0 Å². The summed E-state index contributed by atoms with van der Waals surface area (Å²) in [6.07, 6.45) is 2.30. The van der Waals surface area contributed by atoms with Crippen molar-refractivity contribution in [1.82, 2.24) is 4.90 Å². The van der Waals surface area contributed by atoms with E-state index in [0.29, 0.717) is 16.6 Å². The Morgan fingerprint density at radius 1 is 1.42 bits per heavy atom. The van der Waals surface area contributed by atoms with Crippen LogP contribution in [0.5, 0.6) is 0 Å². The van der Waals surface area contributed by atoms with Crippen molar-refractivity contribution in [1.29, 1.82) is 5.41 Å². The number of amidine groups is 1. The number of hydrogen-bond donors (Lipinski definition) is 2. The lowest BCUT2D eigenvalue weighted by atomic mass is 10.0. The average Bonchev–Trinajstić information content (AvgIpc) is 2.38. The van der Waals surface area contributed by atoms with Crippen molar-refractivity contribution in [3.05, 3.63) is 28.8 Å². The molecular formula is C14H21ClN4. The molecule has 1 aromatic carbocycles. The molecule has 0 atom stereocenters. The first-order valence-electron chi connectivity index (χ1n) is 6.54. The summed E-state index contributed by atoms with van der Waals surface area (Å²) >= 11 is 6.31. The Hall–Kier alpha value is -1.26. The summed E-state index contributed by atoms with van der Waals surface area (Å²) in [6.45, 7) is 2.25. The monoisotopic (exact) mass is 280 g/mol. The molecule has 1 heterocycles. The van der Waals surface area contributed by atoms with E-state index in [9.17, 15) is 0 Å². The van der Waals surface area contributed by atoms with Crippen molar-refractivity contribution in [2.24, 2.45) is 5.73 Å². The molecule has 1 aliphatic heterocycles. The van der Waals surface area contributed by atoms with Gasteiger partial charge < -0.3 is 15.5 Å². The van der Waals surface area contributed by atoms with Crippen LogP contribution in [0.2, 0.25) is 5.02 Å². The molecule has 0 unspecified atom stereocenters. The van der Waals surface area contributed by atoms with Crippen LogP contribution in [0.15, 0.2) is 18.2 Å². The Bertz CT molecular complexity index is 467. The first-order chi connectivity index (χ1) is 8.99. The Morgan fingerprint density at radius 3 is 2.58 bits per heavy atom. The summed E-state index contributed by atoms with van der Waals surface area (Å²) in [6, 6.07) is 6.11. The molecule has 3 N–H and O–H groups in total. The predicted octanol–water partition coefficient (Wildman–Crippen LogP) is 2.15. The van der Waals surface area contributed by atoms with Gasteiger partial charge in [0, 0.05) is 18.7 Å². The highest BCUT2D eigenvalue weighted by Crippen LogP contribution is 2.29. The molecule has 1 aromatic rings. The molecule has 104 valence electrons. The van der Waals surface area contributed by atoms with Crippen LogP contribution in [0, 0.1) is 5.41 Å². The fourth-order valence-corrected chi connectivity index (χ4v) is 2.85. The van der Waals surface area contributed by atoms with Gasteiger partial charge in [-0.15, -0.1) is 0 Å². The highest BCUT2D eigenvalue weighted by molar-refractivity contribution is 6.33. The molecule has 0 amide bonds. The Balaban J connectivity index is 2.15. The maximum atomic E-state index is 7.43. The number of nitrogens with two attached hydrogens (primary N) is 1. The van der Waals surface area contributed by atoms with E-state index in [1.165, 1.54) is 0 Å². The minimum Gasteiger partial charge on any atom is -0.384 e. The summed E-state index contributed by atoms with van der Waals surface area (Å²) < 4.78 is 0. The van der Waals surface area contributed by atoms with Gasteiger partial charge in [-0.3, -0.25) is 5.41 Å². The maximum Gasteiger partial charge on any atom is 0.122 e. The standard InChI is InChI=1S/C14H21ClN4/c1-18-7-5-11(6-8-18)19(2)13-4-3-10(14(16)17)9-12(13)15/h3-4,9,11H,5-8H2,1-2H3,(H3,16,17). The summed E-state index contributed by atoms with van der Waals surface area (Å²) in [5.41, 5.74) is 7.16. The lowest BCUT2D eigenvalue weighted by Gasteiger charge is -2.36. The first kappa shape index (κ1) is 14.2. The van der Waals surface area contributed by atoms with Gasteiger partial charge in [-0.1, -0.05) is 11.6 Å². The zero-order valence-electron chi connectivity index (χ0n) is 11.5. The second kappa shape index (κ2) is 5.80. The van der Waals surface area contributed by atoms with Crippen LogP contribution < -0.4 is 10.6 Å². The summed E-state index contributed by atoms with van der Waals surface area (Å²) in [5.74, 6) is 0.0513. The van der Waals surface area contributed by atoms with Gasteiger partial charge in [0.05, 0.1) is 10.7 Å². The predicted molar refractivity (Wildman–Crippen MR) is 81.4 cm³/mol. The molecule has 0 aromatic heterocycles. The molecule has 2 rings (SSSR count). The number of nitrogen functional groups attached to an aromatic ring is 1. The number of nitrogens with one attached hydrogen (secondary N) is 1. The van der Waals surface area contributed by atoms with Crippen LogP contribution in [0.3, 0.4) is 0 Å². The molecule has 0 spiro atoms. The molecule has 0 radical (unpaired) electrons. The number of nitrogens with zero attached hydrogens (tertiary/aromatic N) is 2. The second-order valence-corrected chi connectivity index (χ2v) is 5.63. The second-order valence-electron chi connectivity index (χ2n) is 5.23. The lowest BCUT2D eigenvalue weighted by Crippen LogP contribution is -2.42. The molecule has 4 nitrogen and oxygen atoms in total. The lowest BCUT2D eigenvalue weighted by molar-refractivity contribution is 0.253. The van der Waals surface area contributed by atoms with Crippen LogP contribution in [0.1, 0.15) is 18.4 Å². The molecule has 5 heteroatoms. The first-order valence-corrected chi connectivity index (χ1v) is 6.92. The van der Waals surface area contributed by atoms with Crippen molar-refractivity contribution >= 4 is 23.1 Å². The zero-order chi connectivity index (χ0) is 14.0. The van der Waals surface area contributed by atoms with Crippen molar-refractivity contribution in [3.8, 4) is 0 Å². The van der Waals surface area contributed by atoms with E-state index in [4.69, 9.17) is 22.7 Å². The van der Waals surface area contributed by atoms with Crippen molar-refractivity contribution < 1.29 is 0 Å². The van der Waals surface area contributed by atoms with Gasteiger partial charge >= 0.3 is 0 Å². The highest BCUT2D eigenvalue weighted by atomic mass is 35.5. The number of likely N-dealkylation sites (tertiary alicyclic amines) is 1. The van der Waals surface area contributed by atoms with E-state index < -0.39 is 0 Å². The Morgan fingerprint density at radius 2 is 2.05 bits per heavy atom. The highest BCUT2D eigenvalue weighted by Gasteiger charge is 2.22. The molecule has 1 fully saturated rings. The third kappa shape index (κ3) is 3.19. The maximum absolute atomic E-state index is 7.43. The number of hydrogen-bond acceptors (Lipinski definition) is 3. The van der Waals surface area contributed by atoms with Gasteiger partial charge in [0.2, 0.25) is 0 Å². The average molecular weight is 281 g/mol. The Labute approximate surface area is 119 Å².